The molecule has 1 saturated carbocycles. The van der Waals surface area contributed by atoms with Gasteiger partial charge in [-0.15, -0.1) is 0 Å². The number of rotatable bonds is 12. The van der Waals surface area contributed by atoms with Crippen molar-refractivity contribution in [3.05, 3.63) is 132 Å². The minimum atomic E-state index is -4.42. The van der Waals surface area contributed by atoms with E-state index in [2.05, 4.69) is 48.5 Å². The molecule has 0 bridgehead atoms. The summed E-state index contributed by atoms with van der Waals surface area (Å²) in [6.07, 6.45) is 4.25. The normalized spacial score (nSPS) is 21.1. The van der Waals surface area contributed by atoms with Gasteiger partial charge in [0.2, 0.25) is 11.0 Å². The first-order chi connectivity index (χ1) is 37.0. The van der Waals surface area contributed by atoms with Gasteiger partial charge in [-0.2, -0.15) is 9.13 Å². The molecule has 1 aliphatic carbocycles. The molecule has 4 heterocycles. The van der Waals surface area contributed by atoms with Crippen LogP contribution in [0.5, 0.6) is 23.0 Å². The Morgan fingerprint density at radius 3 is 1.08 bits per heavy atom. The third-order valence-corrected chi connectivity index (χ3v) is 15.5. The second-order valence-electron chi connectivity index (χ2n) is 18.8. The van der Waals surface area contributed by atoms with E-state index in [4.69, 9.17) is 47.4 Å². The first kappa shape index (κ1) is 55.2. The van der Waals surface area contributed by atoms with E-state index in [0.717, 1.165) is 44.1 Å². The van der Waals surface area contributed by atoms with Crippen molar-refractivity contribution >= 4 is 42.0 Å². The Kier molecular flexibility index (Phi) is 19.4. The highest BCUT2D eigenvalue weighted by Crippen LogP contribution is 2.68. The first-order valence-electron chi connectivity index (χ1n) is 26.0. The molecule has 1 fully saturated rings. The lowest BCUT2D eigenvalue weighted by atomic mass is 9.48. The lowest BCUT2D eigenvalue weighted by molar-refractivity contribution is -0.671. The minimum absolute atomic E-state index is 0.147. The molecule has 76 heavy (non-hydrogen) atoms. The van der Waals surface area contributed by atoms with Crippen LogP contribution >= 0.6 is 0 Å². The molecule has 0 unspecified atom stereocenters. The summed E-state index contributed by atoms with van der Waals surface area (Å²) in [7, 11) is -8.85. The summed E-state index contributed by atoms with van der Waals surface area (Å²) in [5, 5.41) is 1.92. The molecule has 18 nitrogen and oxygen atoms in total. The van der Waals surface area contributed by atoms with Crippen LogP contribution in [0.25, 0.3) is 21.8 Å². The Bertz CT molecular complexity index is 2890. The van der Waals surface area contributed by atoms with E-state index >= 15 is 0 Å². The number of hydrogen-bond donors (Lipinski definition) is 0. The van der Waals surface area contributed by atoms with Gasteiger partial charge < -0.3 is 56.5 Å². The quantitative estimate of drug-likeness (QED) is 0.109. The van der Waals surface area contributed by atoms with Crippen molar-refractivity contribution in [2.24, 2.45) is 0 Å². The highest BCUT2D eigenvalue weighted by Gasteiger charge is 2.54. The van der Waals surface area contributed by atoms with E-state index < -0.39 is 31.7 Å². The Morgan fingerprint density at radius 1 is 0.395 bits per heavy atom. The average molecular weight is 1090 g/mol. The molecular weight excluding hydrogens is 1020 g/mol. The number of nitrogens with zero attached hydrogens (tertiary/aromatic N) is 2. The lowest BCUT2D eigenvalue weighted by Crippen LogP contribution is -2.42. The maximum absolute atomic E-state index is 11.7. The zero-order chi connectivity index (χ0) is 52.7. The third kappa shape index (κ3) is 14.5. The van der Waals surface area contributed by atoms with Crippen LogP contribution in [0.3, 0.4) is 0 Å². The summed E-state index contributed by atoms with van der Waals surface area (Å²) in [6, 6.07) is 32.5. The van der Waals surface area contributed by atoms with Crippen LogP contribution < -0.4 is 28.1 Å². The van der Waals surface area contributed by atoms with Crippen LogP contribution in [-0.2, 0) is 61.7 Å². The standard InChI is InChI=1S/C56H66N2O16S2/c59-75(60,61)37-5-17-57-19-15-45(43-7-1-3-9-47(43)57)55-53(41-11-13-49-51(39-41)73-35-31-69-27-23-65-21-25-67-29-33-71-49)56(46-16-20-58(18-6-38-76(62,63)64)48-10-4-2-8-44(46)48)54(55)42-12-14-50-52(40-42)74-36-32-70-28-24-66-22-26-68-30-34-72-50/h1-4,7-16,19-20,39-40,53-56H,5-6,17-18,21-38H2. The van der Waals surface area contributed by atoms with Gasteiger partial charge in [0.05, 0.1) is 99.5 Å². The number of ether oxygens (including phenoxy) is 10. The fourth-order valence-electron chi connectivity index (χ4n) is 10.6. The topological polar surface area (TPSA) is 214 Å². The van der Waals surface area contributed by atoms with Gasteiger partial charge in [-0.25, -0.2) is 16.8 Å². The SMILES string of the molecule is O=S(=O)([O-])CCC[n+]1ccc(C2C(c3ccc4c(c3)OCCOCCOCCOCCO4)C(c3cc[n+](CCCS(=O)(=O)[O-])c4ccccc34)C2c2ccc3c(c2)OCCOCCOCCOCCO3)c2ccccc21. The molecule has 0 saturated heterocycles. The van der Waals surface area contributed by atoms with Crippen LogP contribution in [-0.4, -0.2) is 143 Å². The summed E-state index contributed by atoms with van der Waals surface area (Å²) in [5.74, 6) is 0.326. The second-order valence-corrected chi connectivity index (χ2v) is 21.8. The number of aromatic nitrogens is 2. The first-order valence-corrected chi connectivity index (χ1v) is 29.1. The molecule has 0 spiro atoms. The number of para-hydroxylation sites is 2. The fourth-order valence-corrected chi connectivity index (χ4v) is 11.6. The van der Waals surface area contributed by atoms with E-state index in [1.807, 2.05) is 70.1 Å². The summed E-state index contributed by atoms with van der Waals surface area (Å²) in [4.78, 5) is 0. The zero-order valence-corrected chi connectivity index (χ0v) is 44.1. The fraction of sp³-hybridized carbons (Fsp3) is 0.464. The summed E-state index contributed by atoms with van der Waals surface area (Å²) in [6.45, 7) is 6.47. The Hall–Kier alpha value is -5.52. The monoisotopic (exact) mass is 1090 g/mol. The molecule has 0 radical (unpaired) electrons. The molecule has 20 heteroatoms. The maximum atomic E-state index is 11.7. The van der Waals surface area contributed by atoms with Crippen LogP contribution in [0.15, 0.2) is 109 Å². The highest BCUT2D eigenvalue weighted by atomic mass is 32.2. The van der Waals surface area contributed by atoms with Gasteiger partial charge in [-0.05, 0) is 82.3 Å². The number of benzene rings is 4. The molecule has 408 valence electrons. The molecule has 9 rings (SSSR count). The number of fused-ring (bicyclic) bond motifs is 4. The predicted molar refractivity (Wildman–Crippen MR) is 277 cm³/mol. The van der Waals surface area contributed by atoms with Crippen LogP contribution in [0, 0.1) is 0 Å². The molecule has 2 aliphatic heterocycles. The Balaban J connectivity index is 1.22. The van der Waals surface area contributed by atoms with Gasteiger partial charge >= 0.3 is 0 Å². The summed E-state index contributed by atoms with van der Waals surface area (Å²) < 4.78 is 135. The number of pyridine rings is 2. The number of aryl methyl sites for hydroxylation is 2. The molecule has 4 aromatic carbocycles. The van der Waals surface area contributed by atoms with Crippen molar-refractivity contribution in [1.29, 1.82) is 0 Å². The minimum Gasteiger partial charge on any atom is -0.748 e. The van der Waals surface area contributed by atoms with Crippen molar-refractivity contribution in [3.8, 4) is 23.0 Å². The number of hydrogen-bond acceptors (Lipinski definition) is 16. The van der Waals surface area contributed by atoms with E-state index in [0.29, 0.717) is 115 Å². The Labute approximate surface area is 444 Å². The summed E-state index contributed by atoms with van der Waals surface area (Å²) in [5.41, 5.74) is 5.81. The van der Waals surface area contributed by atoms with E-state index in [9.17, 15) is 25.9 Å². The van der Waals surface area contributed by atoms with E-state index in [1.54, 1.807) is 0 Å². The zero-order valence-electron chi connectivity index (χ0n) is 42.5. The van der Waals surface area contributed by atoms with E-state index in [1.165, 1.54) is 0 Å². The van der Waals surface area contributed by atoms with Crippen molar-refractivity contribution in [1.82, 2.24) is 0 Å². The molecule has 0 amide bonds. The van der Waals surface area contributed by atoms with Crippen molar-refractivity contribution in [2.45, 2.75) is 49.6 Å². The van der Waals surface area contributed by atoms with Gasteiger partial charge in [-0.1, -0.05) is 36.4 Å². The van der Waals surface area contributed by atoms with E-state index in [-0.39, 0.29) is 62.9 Å². The highest BCUT2D eigenvalue weighted by molar-refractivity contribution is 7.85. The average Bonchev–Trinajstić information content (AvgIpc) is 3.41. The van der Waals surface area contributed by atoms with Gasteiger partial charge in [0, 0.05) is 59.4 Å². The van der Waals surface area contributed by atoms with Gasteiger partial charge in [0.15, 0.2) is 35.4 Å². The second kappa shape index (κ2) is 26.7. The third-order valence-electron chi connectivity index (χ3n) is 13.9. The molecule has 2 aromatic heterocycles. The lowest BCUT2D eigenvalue weighted by Gasteiger charge is -2.54. The van der Waals surface area contributed by atoms with Crippen molar-refractivity contribution < 1.29 is 82.4 Å². The molecule has 0 N–H and O–H groups in total. The molecule has 6 aromatic rings. The van der Waals surface area contributed by atoms with Gasteiger partial charge in [0.1, 0.15) is 39.5 Å². The largest absolute Gasteiger partial charge is 0.748 e. The maximum Gasteiger partial charge on any atom is 0.212 e. The van der Waals surface area contributed by atoms with Gasteiger partial charge in [0.25, 0.3) is 0 Å². The predicted octanol–water partition coefficient (Wildman–Crippen LogP) is 5.53. The molecule has 0 atom stereocenters. The molecular formula is C56H66N2O16S2. The summed E-state index contributed by atoms with van der Waals surface area (Å²) >= 11 is 0. The Morgan fingerprint density at radius 2 is 0.724 bits per heavy atom. The van der Waals surface area contributed by atoms with Crippen molar-refractivity contribution in [3.63, 3.8) is 0 Å². The smallest absolute Gasteiger partial charge is 0.212 e. The van der Waals surface area contributed by atoms with Crippen LogP contribution in [0.2, 0.25) is 0 Å². The molecule has 3 aliphatic rings. The van der Waals surface area contributed by atoms with Crippen LogP contribution in [0.4, 0.5) is 0 Å². The van der Waals surface area contributed by atoms with Gasteiger partial charge in [-0.3, -0.25) is 0 Å². The van der Waals surface area contributed by atoms with Crippen molar-refractivity contribution in [2.75, 3.05) is 117 Å². The van der Waals surface area contributed by atoms with Crippen LogP contribution in [0.1, 0.15) is 58.8 Å².